The monoisotopic (exact) mass is 416 g/mol. The van der Waals surface area contributed by atoms with Gasteiger partial charge in [0.05, 0.1) is 10.6 Å². The standard InChI is InChI=1S/C20H14Cl2N2O4/c21-17-9-13(11-23-19(17)22)20(26)27-12-18(25)24-14-5-4-8-16(10-14)28-15-6-2-1-3-7-15/h1-11H,12H2,(H,24,25). The maximum Gasteiger partial charge on any atom is 0.340 e. The molecule has 0 aliphatic heterocycles. The lowest BCUT2D eigenvalue weighted by Crippen LogP contribution is -2.21. The Morgan fingerprint density at radius 2 is 1.71 bits per heavy atom. The molecule has 0 aliphatic carbocycles. The summed E-state index contributed by atoms with van der Waals surface area (Å²) in [7, 11) is 0. The number of halogens is 2. The predicted octanol–water partition coefficient (Wildman–Crippen LogP) is 4.98. The molecule has 0 bridgehead atoms. The molecule has 1 heterocycles. The van der Waals surface area contributed by atoms with Crippen molar-refractivity contribution in [1.29, 1.82) is 0 Å². The van der Waals surface area contributed by atoms with E-state index in [2.05, 4.69) is 10.3 Å². The zero-order chi connectivity index (χ0) is 19.9. The average molecular weight is 417 g/mol. The van der Waals surface area contributed by atoms with Crippen LogP contribution in [0.15, 0.2) is 66.9 Å². The first-order valence-electron chi connectivity index (χ1n) is 8.12. The van der Waals surface area contributed by atoms with Gasteiger partial charge >= 0.3 is 5.97 Å². The van der Waals surface area contributed by atoms with Crippen LogP contribution in [-0.2, 0) is 9.53 Å². The molecule has 3 aromatic rings. The number of nitrogens with one attached hydrogen (secondary N) is 1. The van der Waals surface area contributed by atoms with Crippen LogP contribution < -0.4 is 10.1 Å². The third-order valence-electron chi connectivity index (χ3n) is 3.46. The highest BCUT2D eigenvalue weighted by Crippen LogP contribution is 2.24. The zero-order valence-corrected chi connectivity index (χ0v) is 15.9. The first-order chi connectivity index (χ1) is 13.5. The zero-order valence-electron chi connectivity index (χ0n) is 14.4. The van der Waals surface area contributed by atoms with E-state index in [9.17, 15) is 9.59 Å². The molecule has 0 saturated carbocycles. The topological polar surface area (TPSA) is 77.5 Å². The number of benzene rings is 2. The largest absolute Gasteiger partial charge is 0.457 e. The number of aromatic nitrogens is 1. The van der Waals surface area contributed by atoms with Crippen molar-refractivity contribution in [2.75, 3.05) is 11.9 Å². The second-order valence-electron chi connectivity index (χ2n) is 5.56. The fraction of sp³-hybridized carbons (Fsp3) is 0.0500. The van der Waals surface area contributed by atoms with Crippen LogP contribution in [0.1, 0.15) is 10.4 Å². The molecule has 1 aromatic heterocycles. The maximum atomic E-state index is 12.0. The third kappa shape index (κ3) is 5.45. The molecule has 0 atom stereocenters. The van der Waals surface area contributed by atoms with Gasteiger partial charge in [-0.25, -0.2) is 9.78 Å². The second kappa shape index (κ2) is 9.21. The minimum absolute atomic E-state index is 0.0774. The number of carbonyl (C=O) groups excluding carboxylic acids is 2. The number of para-hydroxylation sites is 1. The van der Waals surface area contributed by atoms with Crippen molar-refractivity contribution in [3.63, 3.8) is 0 Å². The number of hydrogen-bond donors (Lipinski definition) is 1. The van der Waals surface area contributed by atoms with E-state index in [1.165, 1.54) is 12.3 Å². The average Bonchev–Trinajstić information content (AvgIpc) is 2.69. The highest BCUT2D eigenvalue weighted by atomic mass is 35.5. The quantitative estimate of drug-likeness (QED) is 0.452. The van der Waals surface area contributed by atoms with Crippen LogP contribution in [0.2, 0.25) is 10.2 Å². The fourth-order valence-corrected chi connectivity index (χ4v) is 2.48. The molecule has 2 aromatic carbocycles. The summed E-state index contributed by atoms with van der Waals surface area (Å²) in [5, 5.41) is 2.83. The lowest BCUT2D eigenvalue weighted by Gasteiger charge is -2.09. The fourth-order valence-electron chi connectivity index (χ4n) is 2.21. The van der Waals surface area contributed by atoms with Crippen molar-refractivity contribution < 1.29 is 19.1 Å². The van der Waals surface area contributed by atoms with E-state index in [1.807, 2.05) is 30.3 Å². The summed E-state index contributed by atoms with van der Waals surface area (Å²) < 4.78 is 10.7. The number of esters is 1. The summed E-state index contributed by atoms with van der Waals surface area (Å²) in [6.07, 6.45) is 1.22. The molecule has 142 valence electrons. The first kappa shape index (κ1) is 19.7. The Kier molecular flexibility index (Phi) is 6.47. The van der Waals surface area contributed by atoms with Gasteiger partial charge in [0.25, 0.3) is 5.91 Å². The molecule has 8 heteroatoms. The molecular weight excluding hydrogens is 403 g/mol. The summed E-state index contributed by atoms with van der Waals surface area (Å²) in [4.78, 5) is 27.8. The van der Waals surface area contributed by atoms with Gasteiger partial charge in [-0.3, -0.25) is 4.79 Å². The molecule has 1 amide bonds. The normalized spacial score (nSPS) is 10.2. The predicted molar refractivity (Wildman–Crippen MR) is 106 cm³/mol. The van der Waals surface area contributed by atoms with E-state index < -0.39 is 18.5 Å². The van der Waals surface area contributed by atoms with Crippen LogP contribution in [0.5, 0.6) is 11.5 Å². The van der Waals surface area contributed by atoms with Crippen molar-refractivity contribution in [2.24, 2.45) is 0 Å². The number of pyridine rings is 1. The molecule has 0 aliphatic rings. The van der Waals surface area contributed by atoms with Crippen LogP contribution in [-0.4, -0.2) is 23.5 Å². The minimum Gasteiger partial charge on any atom is -0.457 e. The third-order valence-corrected chi connectivity index (χ3v) is 4.15. The van der Waals surface area contributed by atoms with Crippen LogP contribution in [0.3, 0.4) is 0 Å². The number of nitrogens with zero attached hydrogens (tertiary/aromatic N) is 1. The van der Waals surface area contributed by atoms with E-state index >= 15 is 0 Å². The highest BCUT2D eigenvalue weighted by molar-refractivity contribution is 6.41. The van der Waals surface area contributed by atoms with E-state index in [1.54, 1.807) is 24.3 Å². The smallest absolute Gasteiger partial charge is 0.340 e. The van der Waals surface area contributed by atoms with Gasteiger partial charge in [-0.15, -0.1) is 0 Å². The lowest BCUT2D eigenvalue weighted by molar-refractivity contribution is -0.119. The van der Waals surface area contributed by atoms with E-state index in [0.717, 1.165) is 0 Å². The van der Waals surface area contributed by atoms with Crippen molar-refractivity contribution in [2.45, 2.75) is 0 Å². The van der Waals surface area contributed by atoms with E-state index in [-0.39, 0.29) is 15.7 Å². The summed E-state index contributed by atoms with van der Waals surface area (Å²) in [6.45, 7) is -0.469. The number of ether oxygens (including phenoxy) is 2. The minimum atomic E-state index is -0.734. The Labute approximate surface area is 171 Å². The highest BCUT2D eigenvalue weighted by Gasteiger charge is 2.13. The number of anilines is 1. The van der Waals surface area contributed by atoms with Crippen molar-refractivity contribution >= 4 is 40.8 Å². The van der Waals surface area contributed by atoms with Gasteiger partial charge in [-0.1, -0.05) is 47.5 Å². The molecule has 0 fully saturated rings. The molecule has 1 N–H and O–H groups in total. The van der Waals surface area contributed by atoms with E-state index in [4.69, 9.17) is 32.7 Å². The molecule has 0 radical (unpaired) electrons. The van der Waals surface area contributed by atoms with Gasteiger partial charge in [0.1, 0.15) is 16.7 Å². The van der Waals surface area contributed by atoms with Gasteiger partial charge < -0.3 is 14.8 Å². The van der Waals surface area contributed by atoms with Gasteiger partial charge in [0.15, 0.2) is 6.61 Å². The Morgan fingerprint density at radius 3 is 2.46 bits per heavy atom. The molecule has 3 rings (SSSR count). The second-order valence-corrected chi connectivity index (χ2v) is 6.33. The molecule has 6 nitrogen and oxygen atoms in total. The Balaban J connectivity index is 1.55. The van der Waals surface area contributed by atoms with Crippen LogP contribution in [0.4, 0.5) is 5.69 Å². The Bertz CT molecular complexity index is 997. The van der Waals surface area contributed by atoms with Crippen LogP contribution >= 0.6 is 23.2 Å². The summed E-state index contributed by atoms with van der Waals surface area (Å²) in [5.41, 5.74) is 0.603. The lowest BCUT2D eigenvalue weighted by atomic mass is 10.3. The van der Waals surface area contributed by atoms with Gasteiger partial charge in [0, 0.05) is 18.0 Å². The van der Waals surface area contributed by atoms with Crippen LogP contribution in [0.25, 0.3) is 0 Å². The first-order valence-corrected chi connectivity index (χ1v) is 8.88. The van der Waals surface area contributed by atoms with Gasteiger partial charge in [-0.05, 0) is 30.3 Å². The Morgan fingerprint density at radius 1 is 0.964 bits per heavy atom. The maximum absolute atomic E-state index is 12.0. The SMILES string of the molecule is O=C(COC(=O)c1cnc(Cl)c(Cl)c1)Nc1cccc(Oc2ccccc2)c1. The van der Waals surface area contributed by atoms with Crippen molar-refractivity contribution in [3.05, 3.63) is 82.6 Å². The molecular formula is C20H14Cl2N2O4. The number of amides is 1. The van der Waals surface area contributed by atoms with Crippen molar-refractivity contribution in [3.8, 4) is 11.5 Å². The number of carbonyl (C=O) groups is 2. The molecule has 0 unspecified atom stereocenters. The van der Waals surface area contributed by atoms with E-state index in [0.29, 0.717) is 17.2 Å². The van der Waals surface area contributed by atoms with Gasteiger partial charge in [-0.2, -0.15) is 0 Å². The number of rotatable bonds is 6. The molecule has 0 saturated heterocycles. The summed E-state index contributed by atoms with van der Waals surface area (Å²) in [6, 6.07) is 17.4. The van der Waals surface area contributed by atoms with Gasteiger partial charge in [0.2, 0.25) is 0 Å². The molecule has 0 spiro atoms. The van der Waals surface area contributed by atoms with Crippen LogP contribution in [0, 0.1) is 0 Å². The number of hydrogen-bond acceptors (Lipinski definition) is 5. The summed E-state index contributed by atoms with van der Waals surface area (Å²) >= 11 is 11.5. The summed E-state index contributed by atoms with van der Waals surface area (Å²) in [5.74, 6) is -0.00127. The Hall–Kier alpha value is -3.09. The molecule has 28 heavy (non-hydrogen) atoms. The van der Waals surface area contributed by atoms with Crippen molar-refractivity contribution in [1.82, 2.24) is 4.98 Å².